The zero-order valence-electron chi connectivity index (χ0n) is 8.97. The van der Waals surface area contributed by atoms with Crippen molar-refractivity contribution in [3.8, 4) is 11.4 Å². The Morgan fingerprint density at radius 3 is 2.65 bits per heavy atom. The van der Waals surface area contributed by atoms with Gasteiger partial charge in [0.1, 0.15) is 5.82 Å². The Labute approximate surface area is 107 Å². The number of benzene rings is 1. The molecule has 3 aromatic rings. The maximum absolute atomic E-state index is 5.90. The van der Waals surface area contributed by atoms with Gasteiger partial charge in [-0.15, -0.1) is 0 Å². The first-order chi connectivity index (χ1) is 8.25. The summed E-state index contributed by atoms with van der Waals surface area (Å²) in [6.07, 6.45) is 3.77. The van der Waals surface area contributed by atoms with Gasteiger partial charge in [-0.25, -0.2) is 4.98 Å². The highest BCUT2D eigenvalue weighted by atomic mass is 79.9. The molecule has 84 valence electrons. The molecule has 0 aliphatic heterocycles. The second-order valence-corrected chi connectivity index (χ2v) is 4.72. The lowest BCUT2D eigenvalue weighted by Gasteiger charge is -2.02. The number of anilines is 1. The molecule has 0 saturated carbocycles. The van der Waals surface area contributed by atoms with Crippen molar-refractivity contribution >= 4 is 27.1 Å². The zero-order valence-corrected chi connectivity index (χ0v) is 10.6. The Bertz CT molecular complexity index is 671. The average Bonchev–Trinajstić information content (AvgIpc) is 2.75. The van der Waals surface area contributed by atoms with Gasteiger partial charge in [0.25, 0.3) is 0 Å². The Morgan fingerprint density at radius 1 is 1.12 bits per heavy atom. The standard InChI is InChI=1S/C13H10BrN3/c14-10-5-3-9(4-6-10)13-16-8-12-11(15)2-1-7-17(12)13/h1-8H,15H2. The number of nitrogen functional groups attached to an aromatic ring is 1. The number of imidazole rings is 1. The number of aromatic nitrogens is 2. The van der Waals surface area contributed by atoms with Gasteiger partial charge in [0.05, 0.1) is 17.4 Å². The molecule has 0 atom stereocenters. The number of nitrogens with two attached hydrogens (primary N) is 1. The highest BCUT2D eigenvalue weighted by Gasteiger charge is 2.07. The van der Waals surface area contributed by atoms with Crippen LogP contribution in [0.5, 0.6) is 0 Å². The van der Waals surface area contributed by atoms with Gasteiger partial charge in [-0.1, -0.05) is 28.1 Å². The van der Waals surface area contributed by atoms with E-state index in [1.165, 1.54) is 0 Å². The van der Waals surface area contributed by atoms with Gasteiger partial charge in [0, 0.05) is 16.2 Å². The lowest BCUT2D eigenvalue weighted by Crippen LogP contribution is -1.92. The minimum Gasteiger partial charge on any atom is -0.397 e. The summed E-state index contributed by atoms with van der Waals surface area (Å²) in [5.41, 5.74) is 8.65. The van der Waals surface area contributed by atoms with Crippen LogP contribution >= 0.6 is 15.9 Å². The predicted molar refractivity (Wildman–Crippen MR) is 72.7 cm³/mol. The summed E-state index contributed by atoms with van der Waals surface area (Å²) in [6, 6.07) is 11.9. The van der Waals surface area contributed by atoms with E-state index in [1.54, 1.807) is 6.20 Å². The molecular weight excluding hydrogens is 278 g/mol. The van der Waals surface area contributed by atoms with Gasteiger partial charge in [0.2, 0.25) is 0 Å². The smallest absolute Gasteiger partial charge is 0.144 e. The van der Waals surface area contributed by atoms with Crippen LogP contribution in [0.3, 0.4) is 0 Å². The second-order valence-electron chi connectivity index (χ2n) is 3.81. The summed E-state index contributed by atoms with van der Waals surface area (Å²) in [5.74, 6) is 0.903. The number of halogens is 1. The van der Waals surface area contributed by atoms with Crippen molar-refractivity contribution in [3.63, 3.8) is 0 Å². The third kappa shape index (κ3) is 1.70. The highest BCUT2D eigenvalue weighted by Crippen LogP contribution is 2.23. The van der Waals surface area contributed by atoms with Gasteiger partial charge >= 0.3 is 0 Å². The highest BCUT2D eigenvalue weighted by molar-refractivity contribution is 9.10. The van der Waals surface area contributed by atoms with E-state index in [0.717, 1.165) is 27.1 Å². The van der Waals surface area contributed by atoms with Gasteiger partial charge in [0.15, 0.2) is 0 Å². The Hall–Kier alpha value is -1.81. The van der Waals surface area contributed by atoms with Crippen molar-refractivity contribution in [2.24, 2.45) is 0 Å². The molecular formula is C13H10BrN3. The lowest BCUT2D eigenvalue weighted by molar-refractivity contribution is 1.16. The number of pyridine rings is 1. The zero-order chi connectivity index (χ0) is 11.8. The Kier molecular flexibility index (Phi) is 2.37. The molecule has 0 unspecified atom stereocenters. The molecule has 2 heterocycles. The molecule has 4 heteroatoms. The Balaban J connectivity index is 2.24. The van der Waals surface area contributed by atoms with Crippen LogP contribution < -0.4 is 5.73 Å². The SMILES string of the molecule is Nc1cccn2c(-c3ccc(Br)cc3)ncc12. The summed E-state index contributed by atoms with van der Waals surface area (Å²) < 4.78 is 3.06. The summed E-state index contributed by atoms with van der Waals surface area (Å²) >= 11 is 3.42. The summed E-state index contributed by atoms with van der Waals surface area (Å²) in [4.78, 5) is 4.42. The second kappa shape index (κ2) is 3.89. The third-order valence-electron chi connectivity index (χ3n) is 2.71. The quantitative estimate of drug-likeness (QED) is 0.746. The van der Waals surface area contributed by atoms with Crippen LogP contribution in [0.4, 0.5) is 5.69 Å². The minimum atomic E-state index is 0.739. The largest absolute Gasteiger partial charge is 0.397 e. The van der Waals surface area contributed by atoms with Crippen molar-refractivity contribution in [1.29, 1.82) is 0 Å². The van der Waals surface area contributed by atoms with Gasteiger partial charge in [-0.05, 0) is 24.3 Å². The molecule has 0 saturated heterocycles. The number of hydrogen-bond donors (Lipinski definition) is 1. The predicted octanol–water partition coefficient (Wildman–Crippen LogP) is 3.35. The Morgan fingerprint density at radius 2 is 1.88 bits per heavy atom. The number of nitrogens with zero attached hydrogens (tertiary/aromatic N) is 2. The fraction of sp³-hybridized carbons (Fsp3) is 0. The fourth-order valence-corrected chi connectivity index (χ4v) is 2.12. The molecule has 2 N–H and O–H groups in total. The van der Waals surface area contributed by atoms with Crippen molar-refractivity contribution in [3.05, 3.63) is 53.3 Å². The molecule has 17 heavy (non-hydrogen) atoms. The van der Waals surface area contributed by atoms with E-state index < -0.39 is 0 Å². The monoisotopic (exact) mass is 287 g/mol. The number of hydrogen-bond acceptors (Lipinski definition) is 2. The molecule has 3 rings (SSSR count). The van der Waals surface area contributed by atoms with Crippen LogP contribution in [-0.4, -0.2) is 9.38 Å². The third-order valence-corrected chi connectivity index (χ3v) is 3.23. The molecule has 3 nitrogen and oxygen atoms in total. The normalized spacial score (nSPS) is 10.9. The van der Waals surface area contributed by atoms with Crippen LogP contribution in [0, 0.1) is 0 Å². The molecule has 0 aliphatic rings. The first kappa shape index (κ1) is 10.4. The van der Waals surface area contributed by atoms with E-state index in [2.05, 4.69) is 20.9 Å². The van der Waals surface area contributed by atoms with E-state index in [0.29, 0.717) is 0 Å². The molecule has 0 bridgehead atoms. The van der Waals surface area contributed by atoms with Crippen molar-refractivity contribution < 1.29 is 0 Å². The van der Waals surface area contributed by atoms with E-state index in [4.69, 9.17) is 5.73 Å². The van der Waals surface area contributed by atoms with Crippen molar-refractivity contribution in [2.75, 3.05) is 5.73 Å². The topological polar surface area (TPSA) is 43.3 Å². The first-order valence-corrected chi connectivity index (χ1v) is 6.02. The molecule has 0 spiro atoms. The fourth-order valence-electron chi connectivity index (χ4n) is 1.86. The number of fused-ring (bicyclic) bond motifs is 1. The van der Waals surface area contributed by atoms with Crippen LogP contribution in [-0.2, 0) is 0 Å². The van der Waals surface area contributed by atoms with Crippen molar-refractivity contribution in [1.82, 2.24) is 9.38 Å². The summed E-state index contributed by atoms with van der Waals surface area (Å²) in [6.45, 7) is 0. The van der Waals surface area contributed by atoms with Crippen LogP contribution in [0.25, 0.3) is 16.9 Å². The average molecular weight is 288 g/mol. The first-order valence-electron chi connectivity index (χ1n) is 5.23. The molecule has 0 amide bonds. The molecule has 0 aliphatic carbocycles. The summed E-state index contributed by atoms with van der Waals surface area (Å²) in [5, 5.41) is 0. The number of rotatable bonds is 1. The minimum absolute atomic E-state index is 0.739. The molecule has 0 radical (unpaired) electrons. The molecule has 0 fully saturated rings. The lowest BCUT2D eigenvalue weighted by atomic mass is 10.2. The van der Waals surface area contributed by atoms with Gasteiger partial charge < -0.3 is 5.73 Å². The van der Waals surface area contributed by atoms with E-state index >= 15 is 0 Å². The van der Waals surface area contributed by atoms with Crippen LogP contribution in [0.2, 0.25) is 0 Å². The maximum atomic E-state index is 5.90. The van der Waals surface area contributed by atoms with Gasteiger partial charge in [-0.3, -0.25) is 4.40 Å². The molecule has 2 aromatic heterocycles. The van der Waals surface area contributed by atoms with Crippen molar-refractivity contribution in [2.45, 2.75) is 0 Å². The maximum Gasteiger partial charge on any atom is 0.144 e. The summed E-state index contributed by atoms with van der Waals surface area (Å²) in [7, 11) is 0. The van der Waals surface area contributed by atoms with E-state index in [1.807, 2.05) is 47.0 Å². The van der Waals surface area contributed by atoms with Gasteiger partial charge in [-0.2, -0.15) is 0 Å². The van der Waals surface area contributed by atoms with Crippen LogP contribution in [0.1, 0.15) is 0 Å². The molecule has 1 aromatic carbocycles. The van der Waals surface area contributed by atoms with E-state index in [-0.39, 0.29) is 0 Å². The van der Waals surface area contributed by atoms with E-state index in [9.17, 15) is 0 Å². The van der Waals surface area contributed by atoms with Crippen LogP contribution in [0.15, 0.2) is 53.3 Å².